The Morgan fingerprint density at radius 1 is 1.33 bits per heavy atom. The molecule has 1 aromatic carbocycles. The maximum atomic E-state index is 13.0. The van der Waals surface area contributed by atoms with Crippen LogP contribution in [0, 0.1) is 0 Å². The van der Waals surface area contributed by atoms with Crippen LogP contribution < -0.4 is 10.5 Å². The Hall–Kier alpha value is -1.76. The summed E-state index contributed by atoms with van der Waals surface area (Å²) >= 11 is 0. The first-order valence-corrected chi connectivity index (χ1v) is 6.57. The Kier molecular flexibility index (Phi) is 6.48. The summed E-state index contributed by atoms with van der Waals surface area (Å²) in [5.41, 5.74) is 4.75. The van der Waals surface area contributed by atoms with Crippen molar-refractivity contribution in [3.8, 4) is 5.75 Å². The molecule has 7 heteroatoms. The molecule has 0 saturated heterocycles. The minimum absolute atomic E-state index is 0.00521. The number of aryl methyl sites for hydroxylation is 1. The normalized spacial score (nSPS) is 11.3. The molecule has 118 valence electrons. The van der Waals surface area contributed by atoms with E-state index in [1.54, 1.807) is 6.92 Å². The lowest BCUT2D eigenvalue weighted by Crippen LogP contribution is -2.15. The maximum Gasteiger partial charge on any atom is 0.419 e. The van der Waals surface area contributed by atoms with Crippen molar-refractivity contribution >= 4 is 5.97 Å². The van der Waals surface area contributed by atoms with Crippen LogP contribution in [0.25, 0.3) is 0 Å². The summed E-state index contributed by atoms with van der Waals surface area (Å²) in [6.45, 7) is 2.05. The van der Waals surface area contributed by atoms with Crippen molar-refractivity contribution in [1.29, 1.82) is 0 Å². The number of ether oxygens (including phenoxy) is 2. The average molecular weight is 305 g/mol. The minimum atomic E-state index is -4.52. The van der Waals surface area contributed by atoms with E-state index in [0.717, 1.165) is 6.07 Å². The molecule has 1 aromatic rings. The van der Waals surface area contributed by atoms with Crippen LogP contribution in [0.2, 0.25) is 0 Å². The molecule has 0 fully saturated rings. The molecule has 0 aliphatic carbocycles. The highest BCUT2D eigenvalue weighted by atomic mass is 19.4. The monoisotopic (exact) mass is 305 g/mol. The van der Waals surface area contributed by atoms with E-state index in [2.05, 4.69) is 0 Å². The highest BCUT2D eigenvalue weighted by Gasteiger charge is 2.34. The van der Waals surface area contributed by atoms with E-state index in [1.807, 2.05) is 0 Å². The second kappa shape index (κ2) is 7.87. The first-order valence-electron chi connectivity index (χ1n) is 6.57. The van der Waals surface area contributed by atoms with Crippen LogP contribution in [0.3, 0.4) is 0 Å². The summed E-state index contributed by atoms with van der Waals surface area (Å²) in [6, 6.07) is 3.74. The number of alkyl halides is 3. The summed E-state index contributed by atoms with van der Waals surface area (Å²) in [7, 11) is 0. The van der Waals surface area contributed by atoms with Crippen LogP contribution >= 0.6 is 0 Å². The van der Waals surface area contributed by atoms with Gasteiger partial charge in [0.25, 0.3) is 0 Å². The van der Waals surface area contributed by atoms with Gasteiger partial charge in [-0.15, -0.1) is 0 Å². The standard InChI is InChI=1S/C14H18F3NO3/c1-2-20-13(19)6-4-10-3-5-12(21-8-7-18)11(9-10)14(15,16)17/h3,5,9H,2,4,6-8,18H2,1H3. The molecule has 4 nitrogen and oxygen atoms in total. The van der Waals surface area contributed by atoms with Crippen molar-refractivity contribution in [3.05, 3.63) is 29.3 Å². The molecule has 2 N–H and O–H groups in total. The summed E-state index contributed by atoms with van der Waals surface area (Å²) in [6.07, 6.45) is -4.31. The predicted molar refractivity (Wildman–Crippen MR) is 70.9 cm³/mol. The van der Waals surface area contributed by atoms with Crippen LogP contribution in [0.1, 0.15) is 24.5 Å². The summed E-state index contributed by atoms with van der Waals surface area (Å²) in [4.78, 5) is 11.2. The van der Waals surface area contributed by atoms with Gasteiger partial charge in [0.05, 0.1) is 12.2 Å². The van der Waals surface area contributed by atoms with Crippen molar-refractivity contribution in [2.45, 2.75) is 25.9 Å². The van der Waals surface area contributed by atoms with Gasteiger partial charge in [-0.25, -0.2) is 0 Å². The Morgan fingerprint density at radius 3 is 2.62 bits per heavy atom. The second-order valence-electron chi connectivity index (χ2n) is 4.27. The van der Waals surface area contributed by atoms with Crippen molar-refractivity contribution in [2.24, 2.45) is 5.73 Å². The van der Waals surface area contributed by atoms with E-state index in [1.165, 1.54) is 12.1 Å². The number of carbonyl (C=O) groups is 1. The molecule has 0 aliphatic heterocycles. The van der Waals surface area contributed by atoms with Crippen LogP contribution in [-0.2, 0) is 22.1 Å². The van der Waals surface area contributed by atoms with Crippen LogP contribution in [-0.4, -0.2) is 25.7 Å². The van der Waals surface area contributed by atoms with E-state index in [9.17, 15) is 18.0 Å². The predicted octanol–water partition coefficient (Wildman–Crippen LogP) is 2.54. The van der Waals surface area contributed by atoms with Gasteiger partial charge in [0, 0.05) is 13.0 Å². The molecular weight excluding hydrogens is 287 g/mol. The van der Waals surface area contributed by atoms with Crippen LogP contribution in [0.4, 0.5) is 13.2 Å². The molecule has 0 radical (unpaired) electrons. The van der Waals surface area contributed by atoms with E-state index < -0.39 is 17.7 Å². The minimum Gasteiger partial charge on any atom is -0.492 e. The number of rotatable bonds is 7. The summed E-state index contributed by atoms with van der Waals surface area (Å²) in [5.74, 6) is -0.692. The average Bonchev–Trinajstić information content (AvgIpc) is 2.42. The zero-order valence-electron chi connectivity index (χ0n) is 11.7. The van der Waals surface area contributed by atoms with E-state index in [-0.39, 0.29) is 38.3 Å². The van der Waals surface area contributed by atoms with E-state index >= 15 is 0 Å². The fourth-order valence-electron chi connectivity index (χ4n) is 1.73. The van der Waals surface area contributed by atoms with Gasteiger partial charge in [-0.1, -0.05) is 6.07 Å². The van der Waals surface area contributed by atoms with Gasteiger partial charge in [0.1, 0.15) is 12.4 Å². The molecule has 0 aromatic heterocycles. The van der Waals surface area contributed by atoms with Crippen molar-refractivity contribution < 1.29 is 27.4 Å². The molecule has 0 bridgehead atoms. The maximum absolute atomic E-state index is 13.0. The Bertz CT molecular complexity index is 475. The van der Waals surface area contributed by atoms with Gasteiger partial charge >= 0.3 is 12.1 Å². The summed E-state index contributed by atoms with van der Waals surface area (Å²) in [5, 5.41) is 0. The van der Waals surface area contributed by atoms with Gasteiger partial charge in [0.2, 0.25) is 0 Å². The molecular formula is C14H18F3NO3. The number of hydrogen-bond donors (Lipinski definition) is 1. The van der Waals surface area contributed by atoms with Gasteiger partial charge in [-0.2, -0.15) is 13.2 Å². The molecule has 0 heterocycles. The van der Waals surface area contributed by atoms with Crippen LogP contribution in [0.15, 0.2) is 18.2 Å². The number of halogens is 3. The zero-order chi connectivity index (χ0) is 15.9. The third kappa shape index (κ3) is 5.63. The van der Waals surface area contributed by atoms with E-state index in [4.69, 9.17) is 15.2 Å². The number of nitrogens with two attached hydrogens (primary N) is 1. The van der Waals surface area contributed by atoms with Gasteiger partial charge in [-0.3, -0.25) is 4.79 Å². The number of esters is 1. The van der Waals surface area contributed by atoms with Crippen molar-refractivity contribution in [2.75, 3.05) is 19.8 Å². The third-order valence-electron chi connectivity index (χ3n) is 2.65. The molecule has 0 atom stereocenters. The van der Waals surface area contributed by atoms with Crippen molar-refractivity contribution in [1.82, 2.24) is 0 Å². The second-order valence-corrected chi connectivity index (χ2v) is 4.27. The molecule has 0 unspecified atom stereocenters. The van der Waals surface area contributed by atoms with E-state index in [0.29, 0.717) is 5.56 Å². The molecule has 0 amide bonds. The number of benzene rings is 1. The quantitative estimate of drug-likeness (QED) is 0.786. The SMILES string of the molecule is CCOC(=O)CCc1ccc(OCCN)c(C(F)(F)F)c1. The fourth-order valence-corrected chi connectivity index (χ4v) is 1.73. The number of hydrogen-bond acceptors (Lipinski definition) is 4. The Morgan fingerprint density at radius 2 is 2.05 bits per heavy atom. The molecule has 21 heavy (non-hydrogen) atoms. The molecule has 0 spiro atoms. The first kappa shape index (κ1) is 17.3. The lowest BCUT2D eigenvalue weighted by molar-refractivity contribution is -0.143. The zero-order valence-corrected chi connectivity index (χ0v) is 11.7. The molecule has 0 saturated carbocycles. The number of carbonyl (C=O) groups excluding carboxylic acids is 1. The van der Waals surface area contributed by atoms with Gasteiger partial charge < -0.3 is 15.2 Å². The lowest BCUT2D eigenvalue weighted by Gasteiger charge is -2.15. The van der Waals surface area contributed by atoms with Gasteiger partial charge in [-0.05, 0) is 31.0 Å². The highest BCUT2D eigenvalue weighted by Crippen LogP contribution is 2.37. The van der Waals surface area contributed by atoms with Crippen LogP contribution in [0.5, 0.6) is 5.75 Å². The largest absolute Gasteiger partial charge is 0.492 e. The highest BCUT2D eigenvalue weighted by molar-refractivity contribution is 5.69. The first-order chi connectivity index (χ1) is 9.88. The lowest BCUT2D eigenvalue weighted by atomic mass is 10.1. The summed E-state index contributed by atoms with van der Waals surface area (Å²) < 4.78 is 48.7. The Balaban J connectivity index is 2.86. The molecule has 1 rings (SSSR count). The van der Waals surface area contributed by atoms with Crippen molar-refractivity contribution in [3.63, 3.8) is 0 Å². The topological polar surface area (TPSA) is 61.5 Å². The Labute approximate surface area is 121 Å². The fraction of sp³-hybridized carbons (Fsp3) is 0.500. The third-order valence-corrected chi connectivity index (χ3v) is 2.65. The molecule has 0 aliphatic rings. The smallest absolute Gasteiger partial charge is 0.419 e. The van der Waals surface area contributed by atoms with Gasteiger partial charge in [0.15, 0.2) is 0 Å².